The van der Waals surface area contributed by atoms with Gasteiger partial charge < -0.3 is 25.2 Å². The van der Waals surface area contributed by atoms with E-state index in [9.17, 15) is 23.8 Å². The van der Waals surface area contributed by atoms with Gasteiger partial charge in [0.2, 0.25) is 0 Å². The number of aliphatic carboxylic acids is 1. The Morgan fingerprint density at radius 1 is 0.545 bits per heavy atom. The summed E-state index contributed by atoms with van der Waals surface area (Å²) in [6, 6.07) is -1.52. The summed E-state index contributed by atoms with van der Waals surface area (Å²) < 4.78 is 32.7. The number of carbonyl (C=O) groups excluding carboxylic acids is 2. The lowest BCUT2D eigenvalue weighted by molar-refractivity contribution is -0.161. The molecule has 12 heteroatoms. The number of rotatable bonds is 42. The van der Waals surface area contributed by atoms with Crippen LogP contribution < -0.4 is 5.73 Å². The molecule has 55 heavy (non-hydrogen) atoms. The predicted octanol–water partition coefficient (Wildman–Crippen LogP) is 11.7. The van der Waals surface area contributed by atoms with Gasteiger partial charge in [-0.3, -0.25) is 23.4 Å². The van der Waals surface area contributed by atoms with E-state index in [2.05, 4.69) is 30.5 Å². The van der Waals surface area contributed by atoms with E-state index in [1.165, 1.54) is 116 Å². The van der Waals surface area contributed by atoms with Crippen molar-refractivity contribution in [2.45, 2.75) is 225 Å². The highest BCUT2D eigenvalue weighted by Crippen LogP contribution is 2.43. The first-order valence-electron chi connectivity index (χ1n) is 22.2. The summed E-state index contributed by atoms with van der Waals surface area (Å²) in [7, 11) is -4.71. The van der Waals surface area contributed by atoms with Crippen LogP contribution >= 0.6 is 7.82 Å². The van der Waals surface area contributed by atoms with Gasteiger partial charge in [-0.2, -0.15) is 0 Å². The van der Waals surface area contributed by atoms with Gasteiger partial charge in [-0.1, -0.05) is 174 Å². The molecule has 0 aliphatic rings. The number of nitrogens with two attached hydrogens (primary N) is 1. The van der Waals surface area contributed by atoms with E-state index in [0.29, 0.717) is 12.8 Å². The topological polar surface area (TPSA) is 172 Å². The standard InChI is InChI=1S/C43H82NO10P/c1-3-5-7-9-11-13-15-17-19-21-22-24-26-28-30-32-34-41(45)51-36-39(37-52-55(49,50)53-38-40(44)43(47)48)54-42(46)35-33-31-29-27-25-23-20-18-16-14-12-10-8-6-4-2/h19,21,39-40H,3-18,20,22-38,44H2,1-2H3,(H,47,48)(H,49,50)/b21-19-/t39-,40+/m1/s1. The van der Waals surface area contributed by atoms with Crippen LogP contribution in [0.2, 0.25) is 0 Å². The first-order chi connectivity index (χ1) is 26.6. The van der Waals surface area contributed by atoms with Crippen LogP contribution in [0, 0.1) is 0 Å². The van der Waals surface area contributed by atoms with Gasteiger partial charge in [0.15, 0.2) is 6.10 Å². The van der Waals surface area contributed by atoms with E-state index in [-0.39, 0.29) is 19.4 Å². The Balaban J connectivity index is 4.34. The van der Waals surface area contributed by atoms with Gasteiger partial charge in [0.25, 0.3) is 0 Å². The zero-order chi connectivity index (χ0) is 40.7. The Kier molecular flexibility index (Phi) is 37.8. The number of phosphoric acid groups is 1. The molecule has 0 saturated heterocycles. The van der Waals surface area contributed by atoms with Crippen LogP contribution in [0.15, 0.2) is 12.2 Å². The Morgan fingerprint density at radius 2 is 0.909 bits per heavy atom. The Hall–Kier alpha value is -1.78. The fourth-order valence-corrected chi connectivity index (χ4v) is 7.02. The monoisotopic (exact) mass is 804 g/mol. The van der Waals surface area contributed by atoms with Gasteiger partial charge in [0, 0.05) is 12.8 Å². The molecule has 0 saturated carbocycles. The fraction of sp³-hybridized carbons (Fsp3) is 0.884. The molecule has 0 aromatic heterocycles. The molecule has 0 rings (SSSR count). The summed E-state index contributed by atoms with van der Waals surface area (Å²) in [4.78, 5) is 45.9. The number of carboxylic acids is 1. The van der Waals surface area contributed by atoms with Crippen molar-refractivity contribution in [3.05, 3.63) is 12.2 Å². The van der Waals surface area contributed by atoms with Crippen molar-refractivity contribution in [1.29, 1.82) is 0 Å². The second-order valence-corrected chi connectivity index (χ2v) is 16.6. The highest BCUT2D eigenvalue weighted by Gasteiger charge is 2.28. The van der Waals surface area contributed by atoms with Gasteiger partial charge in [-0.25, -0.2) is 4.57 Å². The minimum atomic E-state index is -4.71. The highest BCUT2D eigenvalue weighted by molar-refractivity contribution is 7.47. The maximum Gasteiger partial charge on any atom is 0.472 e. The number of hydrogen-bond acceptors (Lipinski definition) is 9. The number of esters is 2. The van der Waals surface area contributed by atoms with Crippen molar-refractivity contribution < 1.29 is 47.5 Å². The summed E-state index contributed by atoms with van der Waals surface area (Å²) >= 11 is 0. The smallest absolute Gasteiger partial charge is 0.472 e. The van der Waals surface area contributed by atoms with E-state index in [0.717, 1.165) is 57.8 Å². The van der Waals surface area contributed by atoms with Crippen LogP contribution in [0.4, 0.5) is 0 Å². The largest absolute Gasteiger partial charge is 0.480 e. The second-order valence-electron chi connectivity index (χ2n) is 15.2. The van der Waals surface area contributed by atoms with Crippen molar-refractivity contribution in [1.82, 2.24) is 0 Å². The molecule has 0 amide bonds. The molecule has 0 aromatic carbocycles. The molecule has 0 aliphatic carbocycles. The summed E-state index contributed by atoms with van der Waals surface area (Å²) in [6.45, 7) is 2.81. The molecule has 0 aliphatic heterocycles. The number of carboxylic acid groups (broad SMARTS) is 1. The molecule has 1 unspecified atom stereocenters. The third-order valence-corrected chi connectivity index (χ3v) is 10.7. The first kappa shape index (κ1) is 53.2. The van der Waals surface area contributed by atoms with Crippen LogP contribution in [0.3, 0.4) is 0 Å². The minimum Gasteiger partial charge on any atom is -0.480 e. The van der Waals surface area contributed by atoms with Crippen LogP contribution in [-0.4, -0.2) is 59.9 Å². The third kappa shape index (κ3) is 38.9. The minimum absolute atomic E-state index is 0.165. The summed E-state index contributed by atoms with van der Waals surface area (Å²) in [5, 5.41) is 8.89. The van der Waals surface area contributed by atoms with Crippen LogP contribution in [0.25, 0.3) is 0 Å². The van der Waals surface area contributed by atoms with Gasteiger partial charge >= 0.3 is 25.7 Å². The number of phosphoric ester groups is 1. The maximum atomic E-state index is 12.6. The molecule has 0 radical (unpaired) electrons. The second kappa shape index (κ2) is 39.1. The van der Waals surface area contributed by atoms with E-state index in [1.54, 1.807) is 0 Å². The zero-order valence-corrected chi connectivity index (χ0v) is 35.9. The van der Waals surface area contributed by atoms with Crippen molar-refractivity contribution in [2.24, 2.45) is 5.73 Å². The predicted molar refractivity (Wildman–Crippen MR) is 222 cm³/mol. The fourth-order valence-electron chi connectivity index (χ4n) is 6.24. The van der Waals surface area contributed by atoms with Gasteiger partial charge in [0.1, 0.15) is 12.6 Å². The number of ether oxygens (including phenoxy) is 2. The van der Waals surface area contributed by atoms with Gasteiger partial charge in [0.05, 0.1) is 13.2 Å². The number of allylic oxidation sites excluding steroid dienone is 2. The average Bonchev–Trinajstić information content (AvgIpc) is 3.16. The van der Waals surface area contributed by atoms with E-state index in [1.807, 2.05) is 0 Å². The van der Waals surface area contributed by atoms with Crippen molar-refractivity contribution in [3.8, 4) is 0 Å². The molecule has 0 fully saturated rings. The molecule has 3 atom stereocenters. The Morgan fingerprint density at radius 3 is 1.33 bits per heavy atom. The molecule has 0 heterocycles. The highest BCUT2D eigenvalue weighted by atomic mass is 31.2. The lowest BCUT2D eigenvalue weighted by Gasteiger charge is -2.20. The van der Waals surface area contributed by atoms with Crippen molar-refractivity contribution in [3.63, 3.8) is 0 Å². The van der Waals surface area contributed by atoms with Gasteiger partial charge in [-0.15, -0.1) is 0 Å². The zero-order valence-electron chi connectivity index (χ0n) is 35.0. The summed E-state index contributed by atoms with van der Waals surface area (Å²) in [5.41, 5.74) is 5.33. The van der Waals surface area contributed by atoms with E-state index in [4.69, 9.17) is 24.8 Å². The number of unbranched alkanes of at least 4 members (excludes halogenated alkanes) is 26. The lowest BCUT2D eigenvalue weighted by Crippen LogP contribution is -2.34. The molecular weight excluding hydrogens is 721 g/mol. The number of carbonyl (C=O) groups is 3. The molecule has 0 aromatic rings. The Bertz CT molecular complexity index is 995. The molecule has 0 spiro atoms. The lowest BCUT2D eigenvalue weighted by atomic mass is 10.0. The van der Waals surface area contributed by atoms with Gasteiger partial charge in [-0.05, 0) is 38.5 Å². The first-order valence-corrected chi connectivity index (χ1v) is 23.7. The third-order valence-electron chi connectivity index (χ3n) is 9.76. The molecule has 4 N–H and O–H groups in total. The van der Waals surface area contributed by atoms with Crippen LogP contribution in [-0.2, 0) is 37.5 Å². The average molecular weight is 804 g/mol. The summed E-state index contributed by atoms with van der Waals surface area (Å²) in [6.07, 6.45) is 38.4. The summed E-state index contributed by atoms with van der Waals surface area (Å²) in [5.74, 6) is -2.37. The van der Waals surface area contributed by atoms with Crippen molar-refractivity contribution in [2.75, 3.05) is 19.8 Å². The Labute approximate surface area is 335 Å². The van der Waals surface area contributed by atoms with E-state index >= 15 is 0 Å². The van der Waals surface area contributed by atoms with E-state index < -0.39 is 51.1 Å². The maximum absolute atomic E-state index is 12.6. The number of hydrogen-bond donors (Lipinski definition) is 3. The van der Waals surface area contributed by atoms with Crippen molar-refractivity contribution >= 4 is 25.7 Å². The van der Waals surface area contributed by atoms with Crippen LogP contribution in [0.1, 0.15) is 213 Å². The normalized spacial score (nSPS) is 13.8. The molecule has 324 valence electrons. The SMILES string of the molecule is CCCCCCCCC/C=C\CCCCCCCC(=O)OC[C@H](COP(=O)(O)OC[C@H](N)C(=O)O)OC(=O)CCCCCCCCCCCCCCCCC. The molecule has 0 bridgehead atoms. The quantitative estimate of drug-likeness (QED) is 0.0232. The van der Waals surface area contributed by atoms with Crippen LogP contribution in [0.5, 0.6) is 0 Å². The molecular formula is C43H82NO10P. The molecule has 11 nitrogen and oxygen atoms in total.